The van der Waals surface area contributed by atoms with Crippen LogP contribution in [0.1, 0.15) is 19.8 Å². The zero-order chi connectivity index (χ0) is 15.2. The zero-order valence-corrected chi connectivity index (χ0v) is 11.9. The van der Waals surface area contributed by atoms with Gasteiger partial charge in [0.1, 0.15) is 18.3 Å². The molecular formula is C15H18N2O4. The third-order valence-corrected chi connectivity index (χ3v) is 3.26. The Balaban J connectivity index is 1.93. The molecule has 0 saturated carbocycles. The van der Waals surface area contributed by atoms with Crippen molar-refractivity contribution in [3.8, 4) is 5.75 Å². The van der Waals surface area contributed by atoms with Crippen molar-refractivity contribution >= 4 is 17.8 Å². The van der Waals surface area contributed by atoms with Crippen LogP contribution in [0.2, 0.25) is 0 Å². The summed E-state index contributed by atoms with van der Waals surface area (Å²) in [5, 5.41) is 2.22. The van der Waals surface area contributed by atoms with Crippen molar-refractivity contribution in [1.82, 2.24) is 10.2 Å². The first kappa shape index (κ1) is 15.0. The number of para-hydroxylation sites is 1. The molecule has 0 radical (unpaired) electrons. The Kier molecular flexibility index (Phi) is 4.92. The van der Waals surface area contributed by atoms with Gasteiger partial charge < -0.3 is 4.74 Å². The molecule has 1 saturated heterocycles. The van der Waals surface area contributed by atoms with Crippen molar-refractivity contribution in [3.63, 3.8) is 0 Å². The number of urea groups is 1. The lowest BCUT2D eigenvalue weighted by Crippen LogP contribution is -2.58. The number of carbonyl (C=O) groups is 3. The Morgan fingerprint density at radius 1 is 1.19 bits per heavy atom. The van der Waals surface area contributed by atoms with Gasteiger partial charge in [0.25, 0.3) is 0 Å². The number of nitrogens with zero attached hydrogens (tertiary/aromatic N) is 1. The van der Waals surface area contributed by atoms with Crippen molar-refractivity contribution in [2.45, 2.75) is 19.8 Å². The van der Waals surface area contributed by atoms with Crippen LogP contribution >= 0.6 is 0 Å². The molecule has 21 heavy (non-hydrogen) atoms. The fraction of sp³-hybridized carbons (Fsp3) is 0.400. The van der Waals surface area contributed by atoms with Gasteiger partial charge in [-0.05, 0) is 18.6 Å². The molecule has 112 valence electrons. The Bertz CT molecular complexity index is 530. The van der Waals surface area contributed by atoms with Crippen molar-refractivity contribution in [2.24, 2.45) is 5.92 Å². The molecule has 6 heteroatoms. The average Bonchev–Trinajstić information content (AvgIpc) is 2.48. The number of imide groups is 2. The van der Waals surface area contributed by atoms with Gasteiger partial charge in [-0.25, -0.2) is 4.79 Å². The van der Waals surface area contributed by atoms with Crippen LogP contribution in [0, 0.1) is 5.92 Å². The summed E-state index contributed by atoms with van der Waals surface area (Å²) in [5.41, 5.74) is 0. The molecule has 0 bridgehead atoms. The number of hydrogen-bond acceptors (Lipinski definition) is 4. The molecule has 1 fully saturated rings. The first-order valence-electron chi connectivity index (χ1n) is 6.97. The average molecular weight is 290 g/mol. The predicted octanol–water partition coefficient (Wildman–Crippen LogP) is 1.56. The summed E-state index contributed by atoms with van der Waals surface area (Å²) in [7, 11) is 0. The molecular weight excluding hydrogens is 272 g/mol. The SMILES string of the molecule is CCCC1C(=O)NC(=O)N(CCOc2ccccc2)C1=O. The van der Waals surface area contributed by atoms with Crippen LogP contribution in [0.25, 0.3) is 0 Å². The van der Waals surface area contributed by atoms with Crippen LogP contribution < -0.4 is 10.1 Å². The normalized spacial score (nSPS) is 18.6. The van der Waals surface area contributed by atoms with Gasteiger partial charge in [0.15, 0.2) is 0 Å². The van der Waals surface area contributed by atoms with Gasteiger partial charge in [0, 0.05) is 0 Å². The summed E-state index contributed by atoms with van der Waals surface area (Å²) < 4.78 is 5.47. The molecule has 1 unspecified atom stereocenters. The first-order chi connectivity index (χ1) is 10.1. The second-order valence-electron chi connectivity index (χ2n) is 4.79. The van der Waals surface area contributed by atoms with Crippen molar-refractivity contribution < 1.29 is 19.1 Å². The molecule has 1 N–H and O–H groups in total. The first-order valence-corrected chi connectivity index (χ1v) is 6.97. The van der Waals surface area contributed by atoms with E-state index in [0.717, 1.165) is 4.90 Å². The van der Waals surface area contributed by atoms with E-state index in [1.165, 1.54) is 0 Å². The lowest BCUT2D eigenvalue weighted by atomic mass is 9.99. The molecule has 1 atom stereocenters. The maximum atomic E-state index is 12.2. The van der Waals surface area contributed by atoms with E-state index in [1.807, 2.05) is 25.1 Å². The minimum absolute atomic E-state index is 0.118. The topological polar surface area (TPSA) is 75.7 Å². The van der Waals surface area contributed by atoms with Gasteiger partial charge >= 0.3 is 6.03 Å². The van der Waals surface area contributed by atoms with E-state index in [4.69, 9.17) is 4.74 Å². The minimum Gasteiger partial charge on any atom is -0.492 e. The van der Waals surface area contributed by atoms with Crippen LogP contribution in [0.4, 0.5) is 4.79 Å². The summed E-state index contributed by atoms with van der Waals surface area (Å²) in [5.74, 6) is -1.05. The van der Waals surface area contributed by atoms with Crippen LogP contribution in [-0.2, 0) is 9.59 Å². The molecule has 1 aromatic rings. The van der Waals surface area contributed by atoms with Crippen molar-refractivity contribution in [1.29, 1.82) is 0 Å². The highest BCUT2D eigenvalue weighted by Gasteiger charge is 2.39. The third kappa shape index (κ3) is 3.59. The number of hydrogen-bond donors (Lipinski definition) is 1. The molecule has 6 nitrogen and oxygen atoms in total. The smallest absolute Gasteiger partial charge is 0.330 e. The molecule has 1 aliphatic rings. The van der Waals surface area contributed by atoms with Gasteiger partial charge in [0.2, 0.25) is 11.8 Å². The Morgan fingerprint density at radius 3 is 2.57 bits per heavy atom. The second kappa shape index (κ2) is 6.88. The van der Waals surface area contributed by atoms with Crippen molar-refractivity contribution in [2.75, 3.05) is 13.2 Å². The van der Waals surface area contributed by atoms with Crippen LogP contribution in [0.15, 0.2) is 30.3 Å². The number of benzene rings is 1. The van der Waals surface area contributed by atoms with Gasteiger partial charge in [-0.2, -0.15) is 0 Å². The molecule has 2 rings (SSSR count). The second-order valence-corrected chi connectivity index (χ2v) is 4.79. The van der Waals surface area contributed by atoms with E-state index in [-0.39, 0.29) is 13.2 Å². The Morgan fingerprint density at radius 2 is 1.90 bits per heavy atom. The number of ether oxygens (including phenoxy) is 1. The molecule has 1 aliphatic heterocycles. The monoisotopic (exact) mass is 290 g/mol. The van der Waals surface area contributed by atoms with Crippen LogP contribution in [0.5, 0.6) is 5.75 Å². The summed E-state index contributed by atoms with van der Waals surface area (Å²) in [6, 6.07) is 8.46. The maximum Gasteiger partial charge on any atom is 0.330 e. The van der Waals surface area contributed by atoms with Gasteiger partial charge in [0.05, 0.1) is 6.54 Å². The standard InChI is InChI=1S/C15H18N2O4/c1-2-6-12-13(18)16-15(20)17(14(12)19)9-10-21-11-7-4-3-5-8-11/h3-5,7-8,12H,2,6,9-10H2,1H3,(H,16,18,20). The summed E-state index contributed by atoms with van der Waals surface area (Å²) in [6.07, 6.45) is 1.14. The lowest BCUT2D eigenvalue weighted by molar-refractivity contribution is -0.143. The Hall–Kier alpha value is -2.37. The Labute approximate surface area is 123 Å². The van der Waals surface area contributed by atoms with Crippen LogP contribution in [-0.4, -0.2) is 35.9 Å². The van der Waals surface area contributed by atoms with E-state index in [1.54, 1.807) is 12.1 Å². The number of carbonyl (C=O) groups excluding carboxylic acids is 3. The fourth-order valence-electron chi connectivity index (χ4n) is 2.19. The fourth-order valence-corrected chi connectivity index (χ4v) is 2.19. The predicted molar refractivity (Wildman–Crippen MR) is 75.6 cm³/mol. The van der Waals surface area contributed by atoms with E-state index in [0.29, 0.717) is 18.6 Å². The van der Waals surface area contributed by atoms with Crippen molar-refractivity contribution in [3.05, 3.63) is 30.3 Å². The van der Waals surface area contributed by atoms with E-state index >= 15 is 0 Å². The zero-order valence-electron chi connectivity index (χ0n) is 11.9. The minimum atomic E-state index is -0.774. The molecule has 1 aromatic carbocycles. The van der Waals surface area contributed by atoms with Gasteiger partial charge in [-0.1, -0.05) is 31.5 Å². The molecule has 0 spiro atoms. The maximum absolute atomic E-state index is 12.2. The highest BCUT2D eigenvalue weighted by molar-refractivity contribution is 6.16. The lowest BCUT2D eigenvalue weighted by Gasteiger charge is -2.29. The number of amides is 4. The highest BCUT2D eigenvalue weighted by Crippen LogP contribution is 2.16. The summed E-state index contributed by atoms with van der Waals surface area (Å²) in [6.45, 7) is 2.20. The van der Waals surface area contributed by atoms with E-state index < -0.39 is 23.8 Å². The highest BCUT2D eigenvalue weighted by atomic mass is 16.5. The van der Waals surface area contributed by atoms with E-state index in [2.05, 4.69) is 5.32 Å². The summed E-state index contributed by atoms with van der Waals surface area (Å²) in [4.78, 5) is 36.6. The molecule has 0 aromatic heterocycles. The van der Waals surface area contributed by atoms with Crippen LogP contribution in [0.3, 0.4) is 0 Å². The van der Waals surface area contributed by atoms with E-state index in [9.17, 15) is 14.4 Å². The van der Waals surface area contributed by atoms with Gasteiger partial charge in [-0.15, -0.1) is 0 Å². The third-order valence-electron chi connectivity index (χ3n) is 3.26. The van der Waals surface area contributed by atoms with Gasteiger partial charge in [-0.3, -0.25) is 19.8 Å². The number of nitrogens with one attached hydrogen (secondary N) is 1. The number of barbiturate groups is 1. The summed E-state index contributed by atoms with van der Waals surface area (Å²) >= 11 is 0. The molecule has 0 aliphatic carbocycles. The molecule has 4 amide bonds. The largest absolute Gasteiger partial charge is 0.492 e. The number of rotatable bonds is 6. The quantitative estimate of drug-likeness (QED) is 0.807. The molecule has 1 heterocycles.